The van der Waals surface area contributed by atoms with Gasteiger partial charge in [-0.25, -0.2) is 4.98 Å². The maximum Gasteiger partial charge on any atom is 0.573 e. The van der Waals surface area contributed by atoms with E-state index in [-0.39, 0.29) is 18.1 Å². The molecule has 0 bridgehead atoms. The number of aryl methyl sites for hydroxylation is 2. The van der Waals surface area contributed by atoms with Gasteiger partial charge in [-0.2, -0.15) is 0 Å². The second kappa shape index (κ2) is 8.52. The van der Waals surface area contributed by atoms with Crippen LogP contribution in [0.3, 0.4) is 0 Å². The smallest absolute Gasteiger partial charge is 0.406 e. The first-order valence-corrected chi connectivity index (χ1v) is 9.51. The second-order valence-electron chi connectivity index (χ2n) is 6.33. The quantitative estimate of drug-likeness (QED) is 0.545. The van der Waals surface area contributed by atoms with Crippen molar-refractivity contribution in [2.24, 2.45) is 0 Å². The topological polar surface area (TPSA) is 63.2 Å². The van der Waals surface area contributed by atoms with Gasteiger partial charge >= 0.3 is 6.36 Å². The van der Waals surface area contributed by atoms with Crippen molar-refractivity contribution in [2.45, 2.75) is 26.6 Å². The fraction of sp³-hybridized carbons (Fsp3) is 0.200. The Labute approximate surface area is 169 Å². The third-order valence-corrected chi connectivity index (χ3v) is 4.78. The summed E-state index contributed by atoms with van der Waals surface area (Å²) in [4.78, 5) is 16.7. The molecule has 0 unspecified atom stereocenters. The number of amides is 1. The highest BCUT2D eigenvalue weighted by molar-refractivity contribution is 7.13. The Balaban J connectivity index is 1.58. The number of thiazole rings is 1. The number of halogens is 3. The molecule has 3 rings (SSSR count). The molecule has 0 aliphatic heterocycles. The number of nitrogens with one attached hydrogen (secondary N) is 2. The molecule has 1 aromatic heterocycles. The van der Waals surface area contributed by atoms with Crippen LogP contribution in [0.25, 0.3) is 0 Å². The minimum absolute atomic E-state index is 0.115. The van der Waals surface area contributed by atoms with Gasteiger partial charge in [-0.05, 0) is 49.2 Å². The molecule has 0 saturated heterocycles. The molecule has 0 radical (unpaired) electrons. The number of anilines is 3. The molecule has 3 aromatic rings. The lowest BCUT2D eigenvalue weighted by Gasteiger charge is -2.10. The van der Waals surface area contributed by atoms with Crippen molar-refractivity contribution in [1.29, 1.82) is 0 Å². The van der Waals surface area contributed by atoms with Crippen LogP contribution >= 0.6 is 11.3 Å². The average molecular weight is 421 g/mol. The molecule has 29 heavy (non-hydrogen) atoms. The van der Waals surface area contributed by atoms with Crippen LogP contribution in [0.2, 0.25) is 0 Å². The van der Waals surface area contributed by atoms with Crippen molar-refractivity contribution in [3.05, 3.63) is 64.7 Å². The molecule has 2 aromatic carbocycles. The highest BCUT2D eigenvalue weighted by Crippen LogP contribution is 2.26. The fourth-order valence-electron chi connectivity index (χ4n) is 2.67. The first-order chi connectivity index (χ1) is 13.7. The molecule has 0 saturated carbocycles. The molecule has 0 aliphatic carbocycles. The van der Waals surface area contributed by atoms with E-state index < -0.39 is 6.36 Å². The van der Waals surface area contributed by atoms with E-state index in [4.69, 9.17) is 0 Å². The molecule has 1 amide bonds. The molecule has 1 heterocycles. The van der Waals surface area contributed by atoms with Crippen molar-refractivity contribution >= 4 is 33.8 Å². The predicted molar refractivity (Wildman–Crippen MR) is 107 cm³/mol. The summed E-state index contributed by atoms with van der Waals surface area (Å²) < 4.78 is 40.4. The number of carbonyl (C=O) groups excluding carboxylic acids is 1. The normalized spacial score (nSPS) is 11.2. The van der Waals surface area contributed by atoms with Crippen molar-refractivity contribution in [1.82, 2.24) is 4.98 Å². The standard InChI is InChI=1S/C20H18F3N3O2S/c1-12-4-3-5-13(2)18(12)26-17(27)10-15-11-29-19(25-15)24-14-6-8-16(9-7-14)28-20(21,22)23/h3-9,11H,10H2,1-2H3,(H,24,25)(H,26,27). The van der Waals surface area contributed by atoms with Gasteiger partial charge in [0.2, 0.25) is 5.91 Å². The van der Waals surface area contributed by atoms with E-state index in [2.05, 4.69) is 20.4 Å². The van der Waals surface area contributed by atoms with E-state index in [0.717, 1.165) is 16.8 Å². The van der Waals surface area contributed by atoms with E-state index >= 15 is 0 Å². The van der Waals surface area contributed by atoms with Crippen LogP contribution in [0.1, 0.15) is 16.8 Å². The number of benzene rings is 2. The first-order valence-electron chi connectivity index (χ1n) is 8.63. The van der Waals surface area contributed by atoms with Gasteiger partial charge in [0.15, 0.2) is 5.13 Å². The van der Waals surface area contributed by atoms with Gasteiger partial charge in [0.1, 0.15) is 5.75 Å². The first kappa shape index (κ1) is 20.7. The largest absolute Gasteiger partial charge is 0.573 e. The summed E-state index contributed by atoms with van der Waals surface area (Å²) in [5.41, 5.74) is 3.92. The van der Waals surface area contributed by atoms with Crippen LogP contribution in [0.5, 0.6) is 5.75 Å². The molecule has 0 spiro atoms. The van der Waals surface area contributed by atoms with E-state index in [1.165, 1.54) is 35.6 Å². The molecule has 2 N–H and O–H groups in total. The number of aromatic nitrogens is 1. The Morgan fingerprint density at radius 2 is 1.76 bits per heavy atom. The zero-order chi connectivity index (χ0) is 21.0. The number of alkyl halides is 3. The van der Waals surface area contributed by atoms with Gasteiger partial charge in [-0.1, -0.05) is 18.2 Å². The van der Waals surface area contributed by atoms with Crippen LogP contribution in [-0.2, 0) is 11.2 Å². The zero-order valence-electron chi connectivity index (χ0n) is 15.6. The van der Waals surface area contributed by atoms with Crippen LogP contribution < -0.4 is 15.4 Å². The summed E-state index contributed by atoms with van der Waals surface area (Å²) in [6, 6.07) is 11.1. The van der Waals surface area contributed by atoms with Crippen molar-refractivity contribution in [2.75, 3.05) is 10.6 Å². The van der Waals surface area contributed by atoms with Crippen LogP contribution in [-0.4, -0.2) is 17.3 Å². The summed E-state index contributed by atoms with van der Waals surface area (Å²) in [5, 5.41) is 8.19. The number of para-hydroxylation sites is 1. The van der Waals surface area contributed by atoms with E-state index in [0.29, 0.717) is 16.5 Å². The predicted octanol–water partition coefficient (Wildman–Crippen LogP) is 5.58. The average Bonchev–Trinajstić information content (AvgIpc) is 3.05. The van der Waals surface area contributed by atoms with E-state index in [1.54, 1.807) is 5.38 Å². The molecular weight excluding hydrogens is 403 g/mol. The van der Waals surface area contributed by atoms with Gasteiger partial charge in [0.05, 0.1) is 12.1 Å². The van der Waals surface area contributed by atoms with Gasteiger partial charge in [0, 0.05) is 16.8 Å². The van der Waals surface area contributed by atoms with E-state index in [1.807, 2.05) is 32.0 Å². The number of rotatable bonds is 6. The lowest BCUT2D eigenvalue weighted by molar-refractivity contribution is -0.274. The third kappa shape index (κ3) is 5.95. The Bertz CT molecular complexity index is 981. The Kier molecular flexibility index (Phi) is 6.07. The number of ether oxygens (including phenoxy) is 1. The molecular formula is C20H18F3N3O2S. The molecule has 5 nitrogen and oxygen atoms in total. The fourth-order valence-corrected chi connectivity index (χ4v) is 3.40. The Morgan fingerprint density at radius 3 is 2.38 bits per heavy atom. The molecule has 0 aliphatic rings. The number of carbonyl (C=O) groups is 1. The molecule has 9 heteroatoms. The molecule has 0 atom stereocenters. The lowest BCUT2D eigenvalue weighted by Crippen LogP contribution is -2.17. The van der Waals surface area contributed by atoms with Crippen molar-refractivity contribution < 1.29 is 22.7 Å². The highest BCUT2D eigenvalue weighted by atomic mass is 32.1. The summed E-state index contributed by atoms with van der Waals surface area (Å²) in [5.74, 6) is -0.473. The maximum atomic E-state index is 12.3. The van der Waals surface area contributed by atoms with Crippen molar-refractivity contribution in [3.63, 3.8) is 0 Å². The summed E-state index contributed by atoms with van der Waals surface area (Å²) in [6.45, 7) is 3.86. The van der Waals surface area contributed by atoms with Gasteiger partial charge in [-0.15, -0.1) is 24.5 Å². The lowest BCUT2D eigenvalue weighted by atomic mass is 10.1. The van der Waals surface area contributed by atoms with Crippen LogP contribution in [0, 0.1) is 13.8 Å². The molecule has 0 fully saturated rings. The van der Waals surface area contributed by atoms with Gasteiger partial charge < -0.3 is 15.4 Å². The Hall–Kier alpha value is -3.07. The SMILES string of the molecule is Cc1cccc(C)c1NC(=O)Cc1csc(Nc2ccc(OC(F)(F)F)cc2)n1. The monoisotopic (exact) mass is 421 g/mol. The molecule has 152 valence electrons. The van der Waals surface area contributed by atoms with Crippen LogP contribution in [0.4, 0.5) is 29.7 Å². The van der Waals surface area contributed by atoms with Crippen LogP contribution in [0.15, 0.2) is 47.8 Å². The summed E-state index contributed by atoms with van der Waals surface area (Å²) in [7, 11) is 0. The Morgan fingerprint density at radius 1 is 1.10 bits per heavy atom. The minimum atomic E-state index is -4.73. The number of hydrogen-bond donors (Lipinski definition) is 2. The van der Waals surface area contributed by atoms with Gasteiger partial charge in [0.25, 0.3) is 0 Å². The number of hydrogen-bond acceptors (Lipinski definition) is 5. The van der Waals surface area contributed by atoms with E-state index in [9.17, 15) is 18.0 Å². The van der Waals surface area contributed by atoms with Crippen molar-refractivity contribution in [3.8, 4) is 5.75 Å². The number of nitrogens with zero attached hydrogens (tertiary/aromatic N) is 1. The summed E-state index contributed by atoms with van der Waals surface area (Å²) >= 11 is 1.30. The maximum absolute atomic E-state index is 12.3. The second-order valence-corrected chi connectivity index (χ2v) is 7.19. The van der Waals surface area contributed by atoms with Gasteiger partial charge in [-0.3, -0.25) is 4.79 Å². The minimum Gasteiger partial charge on any atom is -0.406 e. The highest BCUT2D eigenvalue weighted by Gasteiger charge is 2.30. The third-order valence-electron chi connectivity index (χ3n) is 3.98. The zero-order valence-corrected chi connectivity index (χ0v) is 16.4. The summed E-state index contributed by atoms with van der Waals surface area (Å²) in [6.07, 6.45) is -4.61.